The normalized spacial score (nSPS) is 12.6. The van der Waals surface area contributed by atoms with Crippen molar-refractivity contribution in [3.8, 4) is 0 Å². The lowest BCUT2D eigenvalue weighted by Gasteiger charge is -2.13. The van der Waals surface area contributed by atoms with Crippen molar-refractivity contribution in [1.29, 1.82) is 0 Å². The van der Waals surface area contributed by atoms with E-state index in [1.165, 1.54) is 4.90 Å². The molecule has 0 aliphatic rings. The molecule has 1 aromatic heterocycles. The molecular weight excluding hydrogens is 352 g/mol. The van der Waals surface area contributed by atoms with Crippen LogP contribution < -0.4 is 11.3 Å². The van der Waals surface area contributed by atoms with Crippen LogP contribution in [0.3, 0.4) is 0 Å². The third-order valence-electron chi connectivity index (χ3n) is 2.35. The lowest BCUT2D eigenvalue weighted by atomic mass is 10.3. The van der Waals surface area contributed by atoms with Crippen LogP contribution >= 0.6 is 50.6 Å². The van der Waals surface area contributed by atoms with E-state index in [0.29, 0.717) is 0 Å². The molecule has 0 aliphatic carbocycles. The second kappa shape index (κ2) is 6.93. The molecule has 0 spiro atoms. The zero-order valence-electron chi connectivity index (χ0n) is 9.40. The molecule has 18 heavy (non-hydrogen) atoms. The number of nitrogens with one attached hydrogen (secondary N) is 1. The molecule has 0 fully saturated rings. The first-order valence-electron chi connectivity index (χ1n) is 5.29. The molecule has 1 heterocycles. The quantitative estimate of drug-likeness (QED) is 0.468. The molecule has 3 N–H and O–H groups in total. The zero-order chi connectivity index (χ0) is 13.0. The van der Waals surface area contributed by atoms with E-state index in [2.05, 4.69) is 33.5 Å². The van der Waals surface area contributed by atoms with Crippen molar-refractivity contribution in [2.45, 2.75) is 10.9 Å². The van der Waals surface area contributed by atoms with Crippen LogP contribution in [-0.2, 0) is 0 Å². The summed E-state index contributed by atoms with van der Waals surface area (Å²) in [7, 11) is 0. The molecule has 0 saturated heterocycles. The second-order valence-corrected chi connectivity index (χ2v) is 7.39. The maximum atomic E-state index is 5.94. The van der Waals surface area contributed by atoms with Crippen molar-refractivity contribution in [3.05, 3.63) is 50.1 Å². The number of thiophene rings is 1. The van der Waals surface area contributed by atoms with E-state index >= 15 is 0 Å². The molecule has 0 amide bonds. The fraction of sp³-hybridized carbons (Fsp3) is 0.167. The first-order valence-corrected chi connectivity index (χ1v) is 8.26. The van der Waals surface area contributed by atoms with Gasteiger partial charge in [0.15, 0.2) is 0 Å². The maximum Gasteiger partial charge on any atom is 0.0931 e. The van der Waals surface area contributed by atoms with Gasteiger partial charge in [-0.15, -0.1) is 23.1 Å². The Labute approximate surface area is 128 Å². The number of thioether (sulfide) groups is 1. The summed E-state index contributed by atoms with van der Waals surface area (Å²) in [4.78, 5) is 2.37. The molecule has 96 valence electrons. The van der Waals surface area contributed by atoms with Gasteiger partial charge in [-0.1, -0.05) is 33.6 Å². The van der Waals surface area contributed by atoms with Gasteiger partial charge >= 0.3 is 0 Å². The number of nitrogens with two attached hydrogens (primary N) is 1. The van der Waals surface area contributed by atoms with Gasteiger partial charge in [-0.25, -0.2) is 0 Å². The Balaban J connectivity index is 1.99. The Hall–Kier alpha value is -0.0400. The summed E-state index contributed by atoms with van der Waals surface area (Å²) < 4.78 is 1.88. The predicted molar refractivity (Wildman–Crippen MR) is 84.3 cm³/mol. The first kappa shape index (κ1) is 14.4. The molecule has 1 atom stereocenters. The Morgan fingerprint density at radius 3 is 2.83 bits per heavy atom. The molecule has 2 nitrogen and oxygen atoms in total. The van der Waals surface area contributed by atoms with Gasteiger partial charge in [-0.2, -0.15) is 0 Å². The number of halogens is 2. The molecule has 1 aromatic carbocycles. The van der Waals surface area contributed by atoms with E-state index in [1.54, 1.807) is 23.1 Å². The largest absolute Gasteiger partial charge is 0.271 e. The summed E-state index contributed by atoms with van der Waals surface area (Å²) in [5.74, 6) is 6.46. The van der Waals surface area contributed by atoms with E-state index in [1.807, 2.05) is 24.3 Å². The lowest BCUT2D eigenvalue weighted by Crippen LogP contribution is -2.28. The van der Waals surface area contributed by atoms with Crippen LogP contribution in [0.15, 0.2) is 45.8 Å². The van der Waals surface area contributed by atoms with Crippen LogP contribution in [-0.4, -0.2) is 5.75 Å². The Morgan fingerprint density at radius 2 is 2.22 bits per heavy atom. The minimum atomic E-state index is 0.117. The van der Waals surface area contributed by atoms with Crippen molar-refractivity contribution in [2.24, 2.45) is 5.84 Å². The number of benzene rings is 1. The first-order chi connectivity index (χ1) is 8.69. The number of rotatable bonds is 5. The van der Waals surface area contributed by atoms with Gasteiger partial charge in [0, 0.05) is 20.0 Å². The van der Waals surface area contributed by atoms with Crippen LogP contribution in [0.4, 0.5) is 0 Å². The van der Waals surface area contributed by atoms with E-state index in [-0.39, 0.29) is 6.04 Å². The average Bonchev–Trinajstić information content (AvgIpc) is 2.77. The third-order valence-corrected chi connectivity index (χ3v) is 5.28. The van der Waals surface area contributed by atoms with Crippen molar-refractivity contribution in [2.75, 3.05) is 5.75 Å². The van der Waals surface area contributed by atoms with Gasteiger partial charge in [0.05, 0.1) is 10.4 Å². The van der Waals surface area contributed by atoms with Crippen LogP contribution in [0, 0.1) is 0 Å². The highest BCUT2D eigenvalue weighted by Gasteiger charge is 2.12. The van der Waals surface area contributed by atoms with Gasteiger partial charge in [0.2, 0.25) is 0 Å². The van der Waals surface area contributed by atoms with Crippen LogP contribution in [0.1, 0.15) is 10.9 Å². The summed E-state index contributed by atoms with van der Waals surface area (Å²) in [5, 5.41) is 0. The van der Waals surface area contributed by atoms with Gasteiger partial charge in [-0.05, 0) is 30.3 Å². The molecule has 0 saturated carbocycles. The summed E-state index contributed by atoms with van der Waals surface area (Å²) in [5.41, 5.74) is 2.84. The summed E-state index contributed by atoms with van der Waals surface area (Å²) in [6, 6.07) is 12.3. The van der Waals surface area contributed by atoms with Gasteiger partial charge in [0.25, 0.3) is 0 Å². The van der Waals surface area contributed by atoms with Gasteiger partial charge in [0.1, 0.15) is 0 Å². The number of hydrogen-bond acceptors (Lipinski definition) is 4. The van der Waals surface area contributed by atoms with E-state index < -0.39 is 0 Å². The predicted octanol–water partition coefficient (Wildman–Crippen LogP) is 4.46. The molecule has 0 aliphatic heterocycles. The van der Waals surface area contributed by atoms with Crippen molar-refractivity contribution in [1.82, 2.24) is 5.43 Å². The third kappa shape index (κ3) is 3.98. The summed E-state index contributed by atoms with van der Waals surface area (Å²) in [6.07, 6.45) is 0. The van der Waals surface area contributed by atoms with Crippen LogP contribution in [0.2, 0.25) is 4.34 Å². The van der Waals surface area contributed by atoms with Crippen molar-refractivity contribution >= 4 is 50.6 Å². The summed E-state index contributed by atoms with van der Waals surface area (Å²) >= 11 is 12.7. The van der Waals surface area contributed by atoms with Gasteiger partial charge in [-0.3, -0.25) is 11.3 Å². The fourth-order valence-corrected chi connectivity index (χ4v) is 4.26. The van der Waals surface area contributed by atoms with E-state index in [9.17, 15) is 0 Å². The smallest absolute Gasteiger partial charge is 0.0931 e. The highest BCUT2D eigenvalue weighted by atomic mass is 79.9. The SMILES string of the molecule is NNC(CSc1cccc(Br)c1)c1ccc(Cl)s1. The number of hydrogen-bond donors (Lipinski definition) is 2. The van der Waals surface area contributed by atoms with Gasteiger partial charge < -0.3 is 0 Å². The molecule has 2 rings (SSSR count). The highest BCUT2D eigenvalue weighted by Crippen LogP contribution is 2.31. The highest BCUT2D eigenvalue weighted by molar-refractivity contribution is 9.10. The summed E-state index contributed by atoms with van der Waals surface area (Å²) in [6.45, 7) is 0. The monoisotopic (exact) mass is 362 g/mol. The van der Waals surface area contributed by atoms with Crippen molar-refractivity contribution in [3.63, 3.8) is 0 Å². The zero-order valence-corrected chi connectivity index (χ0v) is 13.4. The molecule has 0 bridgehead atoms. The van der Waals surface area contributed by atoms with Crippen LogP contribution in [0.25, 0.3) is 0 Å². The molecular formula is C12H12BrClN2S2. The maximum absolute atomic E-state index is 5.94. The molecule has 2 aromatic rings. The molecule has 1 unspecified atom stereocenters. The minimum Gasteiger partial charge on any atom is -0.271 e. The van der Waals surface area contributed by atoms with Crippen molar-refractivity contribution < 1.29 is 0 Å². The Morgan fingerprint density at radius 1 is 1.39 bits per heavy atom. The topological polar surface area (TPSA) is 38.0 Å². The standard InChI is InChI=1S/C12H12BrClN2S2/c13-8-2-1-3-9(6-8)17-7-10(16-15)11-4-5-12(14)18-11/h1-6,10,16H,7,15H2. The number of hydrazine groups is 1. The minimum absolute atomic E-state index is 0.117. The van der Waals surface area contributed by atoms with E-state index in [0.717, 1.165) is 19.4 Å². The molecule has 6 heteroatoms. The Kier molecular flexibility index (Phi) is 5.54. The fourth-order valence-electron chi connectivity index (χ4n) is 1.46. The average molecular weight is 364 g/mol. The Bertz CT molecular complexity index is 518. The lowest BCUT2D eigenvalue weighted by molar-refractivity contribution is 0.620. The second-order valence-electron chi connectivity index (χ2n) is 3.63. The van der Waals surface area contributed by atoms with Crippen LogP contribution in [0.5, 0.6) is 0 Å². The van der Waals surface area contributed by atoms with E-state index in [4.69, 9.17) is 17.4 Å². The molecule has 0 radical (unpaired) electrons.